The molecule has 0 spiro atoms. The molecule has 1 aromatic heterocycles. The second-order valence-electron chi connectivity index (χ2n) is 3.34. The van der Waals surface area contributed by atoms with Gasteiger partial charge in [-0.3, -0.25) is 4.68 Å². The summed E-state index contributed by atoms with van der Waals surface area (Å²) >= 11 is 0. The molecular formula is C9H12F3N3O3. The van der Waals surface area contributed by atoms with Gasteiger partial charge in [0.05, 0.1) is 7.11 Å². The van der Waals surface area contributed by atoms with Crippen LogP contribution in [0.5, 0.6) is 0 Å². The lowest BCUT2D eigenvalue weighted by molar-refractivity contribution is -0.174. The molecule has 0 N–H and O–H groups in total. The van der Waals surface area contributed by atoms with Gasteiger partial charge in [-0.25, -0.2) is 9.78 Å². The van der Waals surface area contributed by atoms with Gasteiger partial charge in [0, 0.05) is 13.2 Å². The molecule has 1 aromatic rings. The smallest absolute Gasteiger partial charge is 0.411 e. The molecule has 0 amide bonds. The van der Waals surface area contributed by atoms with Gasteiger partial charge < -0.3 is 9.47 Å². The SMILES string of the molecule is COC(=O)c1ncn(CCCOCC(F)(F)F)n1. The average Bonchev–Trinajstić information content (AvgIpc) is 2.75. The van der Waals surface area contributed by atoms with Crippen LogP contribution in [0.4, 0.5) is 13.2 Å². The Morgan fingerprint density at radius 1 is 1.50 bits per heavy atom. The minimum Gasteiger partial charge on any atom is -0.463 e. The van der Waals surface area contributed by atoms with Crippen LogP contribution in [-0.2, 0) is 16.0 Å². The highest BCUT2D eigenvalue weighted by Gasteiger charge is 2.27. The van der Waals surface area contributed by atoms with Gasteiger partial charge in [0.25, 0.3) is 5.82 Å². The zero-order chi connectivity index (χ0) is 13.6. The van der Waals surface area contributed by atoms with Crippen LogP contribution < -0.4 is 0 Å². The molecule has 6 nitrogen and oxygen atoms in total. The molecule has 0 aliphatic carbocycles. The van der Waals surface area contributed by atoms with Gasteiger partial charge in [0.1, 0.15) is 12.9 Å². The Bertz CT molecular complexity index is 392. The number of rotatable bonds is 6. The summed E-state index contributed by atoms with van der Waals surface area (Å²) in [5.41, 5.74) is 0. The fourth-order valence-corrected chi connectivity index (χ4v) is 1.10. The van der Waals surface area contributed by atoms with E-state index in [1.165, 1.54) is 18.1 Å². The lowest BCUT2D eigenvalue weighted by atomic mass is 10.4. The van der Waals surface area contributed by atoms with Crippen molar-refractivity contribution in [1.29, 1.82) is 0 Å². The lowest BCUT2D eigenvalue weighted by Crippen LogP contribution is -2.18. The van der Waals surface area contributed by atoms with Gasteiger partial charge in [0.2, 0.25) is 0 Å². The van der Waals surface area contributed by atoms with Crippen molar-refractivity contribution in [3.8, 4) is 0 Å². The van der Waals surface area contributed by atoms with E-state index in [4.69, 9.17) is 0 Å². The monoisotopic (exact) mass is 267 g/mol. The average molecular weight is 267 g/mol. The van der Waals surface area contributed by atoms with Crippen molar-refractivity contribution in [1.82, 2.24) is 14.8 Å². The first-order valence-corrected chi connectivity index (χ1v) is 5.04. The molecule has 0 saturated carbocycles. The minimum atomic E-state index is -4.31. The molecule has 0 atom stereocenters. The number of carbonyl (C=O) groups excluding carboxylic acids is 1. The number of esters is 1. The molecule has 0 aliphatic heterocycles. The number of hydrogen-bond acceptors (Lipinski definition) is 5. The van der Waals surface area contributed by atoms with Crippen molar-refractivity contribution in [3.05, 3.63) is 12.2 Å². The summed E-state index contributed by atoms with van der Waals surface area (Å²) in [6.45, 7) is -1.01. The highest BCUT2D eigenvalue weighted by atomic mass is 19.4. The first-order valence-electron chi connectivity index (χ1n) is 5.04. The van der Waals surface area contributed by atoms with Crippen molar-refractivity contribution in [2.75, 3.05) is 20.3 Å². The Hall–Kier alpha value is -1.64. The Kier molecular flexibility index (Phi) is 5.08. The highest BCUT2D eigenvalue weighted by molar-refractivity contribution is 5.84. The molecule has 1 heterocycles. The quantitative estimate of drug-likeness (QED) is 0.569. The molecule has 0 aliphatic rings. The van der Waals surface area contributed by atoms with Crippen molar-refractivity contribution >= 4 is 5.97 Å². The van der Waals surface area contributed by atoms with Crippen LogP contribution >= 0.6 is 0 Å². The molecular weight excluding hydrogens is 255 g/mol. The predicted octanol–water partition coefficient (Wildman–Crippen LogP) is 1.03. The fraction of sp³-hybridized carbons (Fsp3) is 0.667. The van der Waals surface area contributed by atoms with E-state index < -0.39 is 18.8 Å². The van der Waals surface area contributed by atoms with Crippen molar-refractivity contribution in [2.45, 2.75) is 19.1 Å². The van der Waals surface area contributed by atoms with Gasteiger partial charge in [-0.05, 0) is 6.42 Å². The van der Waals surface area contributed by atoms with E-state index in [0.29, 0.717) is 13.0 Å². The molecule has 1 rings (SSSR count). The Labute approximate surface area is 101 Å². The third-order valence-electron chi connectivity index (χ3n) is 1.85. The van der Waals surface area contributed by atoms with Gasteiger partial charge >= 0.3 is 12.1 Å². The van der Waals surface area contributed by atoms with E-state index in [0.717, 1.165) is 0 Å². The summed E-state index contributed by atoms with van der Waals surface area (Å²) in [7, 11) is 1.20. The number of methoxy groups -OCH3 is 1. The Balaban J connectivity index is 2.24. The van der Waals surface area contributed by atoms with Crippen LogP contribution in [0.1, 0.15) is 17.0 Å². The van der Waals surface area contributed by atoms with Crippen LogP contribution in [-0.4, -0.2) is 47.2 Å². The standard InChI is InChI=1S/C9H12F3N3O3/c1-17-8(16)7-13-6-15(14-7)3-2-4-18-5-9(10,11)12/h6H,2-5H2,1H3. The summed E-state index contributed by atoms with van der Waals surface area (Å²) in [5.74, 6) is -0.754. The van der Waals surface area contributed by atoms with Crippen molar-refractivity contribution in [3.63, 3.8) is 0 Å². The number of aryl methyl sites for hydroxylation is 1. The van der Waals surface area contributed by atoms with Crippen LogP contribution in [0.3, 0.4) is 0 Å². The van der Waals surface area contributed by atoms with E-state index in [1.54, 1.807) is 0 Å². The first-order chi connectivity index (χ1) is 8.42. The zero-order valence-electron chi connectivity index (χ0n) is 9.61. The number of aromatic nitrogens is 3. The molecule has 0 fully saturated rings. The molecule has 9 heteroatoms. The van der Waals surface area contributed by atoms with E-state index in [2.05, 4.69) is 19.6 Å². The van der Waals surface area contributed by atoms with Crippen LogP contribution in [0.25, 0.3) is 0 Å². The maximum atomic E-state index is 11.7. The third kappa shape index (κ3) is 5.13. The van der Waals surface area contributed by atoms with Crippen molar-refractivity contribution < 1.29 is 27.4 Å². The Morgan fingerprint density at radius 3 is 2.83 bits per heavy atom. The second kappa shape index (κ2) is 6.34. The molecule has 102 valence electrons. The van der Waals surface area contributed by atoms with E-state index in [1.807, 2.05) is 0 Å². The topological polar surface area (TPSA) is 66.2 Å². The highest BCUT2D eigenvalue weighted by Crippen LogP contribution is 2.14. The summed E-state index contributed by atoms with van der Waals surface area (Å²) in [6, 6.07) is 0. The zero-order valence-corrected chi connectivity index (χ0v) is 9.61. The second-order valence-corrected chi connectivity index (χ2v) is 3.34. The minimum absolute atomic E-state index is 0.0487. The predicted molar refractivity (Wildman–Crippen MR) is 52.9 cm³/mol. The number of carbonyl (C=O) groups is 1. The number of nitrogens with zero attached hydrogens (tertiary/aromatic N) is 3. The normalized spacial score (nSPS) is 11.6. The maximum absolute atomic E-state index is 11.7. The lowest BCUT2D eigenvalue weighted by Gasteiger charge is -2.07. The number of alkyl halides is 3. The summed E-state index contributed by atoms with van der Waals surface area (Å²) in [4.78, 5) is 14.7. The molecule has 0 radical (unpaired) electrons. The molecule has 0 saturated heterocycles. The number of hydrogen-bond donors (Lipinski definition) is 0. The molecule has 0 unspecified atom stereocenters. The van der Waals surface area contributed by atoms with E-state index in [-0.39, 0.29) is 12.4 Å². The van der Waals surface area contributed by atoms with E-state index in [9.17, 15) is 18.0 Å². The molecule has 0 aromatic carbocycles. The van der Waals surface area contributed by atoms with Crippen LogP contribution in [0.15, 0.2) is 6.33 Å². The van der Waals surface area contributed by atoms with Crippen LogP contribution in [0, 0.1) is 0 Å². The maximum Gasteiger partial charge on any atom is 0.411 e. The summed E-state index contributed by atoms with van der Waals surface area (Å²) < 4.78 is 45.4. The molecule has 18 heavy (non-hydrogen) atoms. The molecule has 0 bridgehead atoms. The van der Waals surface area contributed by atoms with Crippen LogP contribution in [0.2, 0.25) is 0 Å². The van der Waals surface area contributed by atoms with Crippen molar-refractivity contribution in [2.24, 2.45) is 0 Å². The number of halogens is 3. The fourth-order valence-electron chi connectivity index (χ4n) is 1.10. The van der Waals surface area contributed by atoms with Gasteiger partial charge in [0.15, 0.2) is 0 Å². The Morgan fingerprint density at radius 2 is 2.22 bits per heavy atom. The van der Waals surface area contributed by atoms with E-state index >= 15 is 0 Å². The third-order valence-corrected chi connectivity index (χ3v) is 1.85. The van der Waals surface area contributed by atoms with Gasteiger partial charge in [-0.2, -0.15) is 13.2 Å². The number of ether oxygens (including phenoxy) is 2. The largest absolute Gasteiger partial charge is 0.463 e. The summed E-state index contributed by atoms with van der Waals surface area (Å²) in [5, 5.41) is 3.78. The van der Waals surface area contributed by atoms with Gasteiger partial charge in [-0.1, -0.05) is 0 Å². The van der Waals surface area contributed by atoms with Gasteiger partial charge in [-0.15, -0.1) is 5.10 Å². The first kappa shape index (κ1) is 14.4. The summed E-state index contributed by atoms with van der Waals surface area (Å²) in [6.07, 6.45) is -2.68.